The van der Waals surface area contributed by atoms with Gasteiger partial charge < -0.3 is 4.90 Å². The van der Waals surface area contributed by atoms with Gasteiger partial charge in [0.1, 0.15) is 0 Å². The zero-order chi connectivity index (χ0) is 14.1. The fourth-order valence-electron chi connectivity index (χ4n) is 2.08. The Balaban J connectivity index is 2.99. The summed E-state index contributed by atoms with van der Waals surface area (Å²) >= 11 is 0. The normalized spacial score (nSPS) is 11.4. The van der Waals surface area contributed by atoms with E-state index in [-0.39, 0.29) is 5.91 Å². The van der Waals surface area contributed by atoms with Gasteiger partial charge in [-0.3, -0.25) is 4.79 Å². The Bertz CT molecular complexity index is 405. The van der Waals surface area contributed by atoms with Crippen LogP contribution >= 0.6 is 0 Å². The SMILES string of the molecule is CCCC/C=C(/C(=O)N(CC)CC)c1ccccc1. The predicted octanol–water partition coefficient (Wildman–Crippen LogP) is 4.13. The molecule has 1 amide bonds. The molecular formula is C17H25NO. The summed E-state index contributed by atoms with van der Waals surface area (Å²) in [5, 5.41) is 0. The second-order valence-corrected chi connectivity index (χ2v) is 4.60. The molecule has 0 aliphatic carbocycles. The molecule has 0 heterocycles. The molecule has 0 aliphatic rings. The van der Waals surface area contributed by atoms with Crippen molar-refractivity contribution in [3.8, 4) is 0 Å². The number of rotatable bonds is 7. The molecule has 104 valence electrons. The van der Waals surface area contributed by atoms with Crippen LogP contribution in [0.25, 0.3) is 5.57 Å². The molecule has 0 atom stereocenters. The maximum atomic E-state index is 12.6. The number of benzene rings is 1. The predicted molar refractivity (Wildman–Crippen MR) is 81.9 cm³/mol. The van der Waals surface area contributed by atoms with E-state index >= 15 is 0 Å². The van der Waals surface area contributed by atoms with Crippen LogP contribution in [0.2, 0.25) is 0 Å². The summed E-state index contributed by atoms with van der Waals surface area (Å²) in [4.78, 5) is 14.4. The van der Waals surface area contributed by atoms with Crippen LogP contribution in [-0.2, 0) is 4.79 Å². The highest BCUT2D eigenvalue weighted by Gasteiger charge is 2.16. The molecule has 1 aromatic carbocycles. The Morgan fingerprint density at radius 1 is 1.11 bits per heavy atom. The van der Waals surface area contributed by atoms with Crippen molar-refractivity contribution in [1.82, 2.24) is 4.90 Å². The lowest BCUT2D eigenvalue weighted by Gasteiger charge is -2.20. The number of hydrogen-bond donors (Lipinski definition) is 0. The van der Waals surface area contributed by atoms with Crippen molar-refractivity contribution in [3.63, 3.8) is 0 Å². The highest BCUT2D eigenvalue weighted by molar-refractivity contribution is 6.19. The standard InChI is InChI=1S/C17H25NO/c1-4-7-9-14-16(15-12-10-8-11-13-15)17(19)18(5-2)6-3/h8,10-14H,4-7,9H2,1-3H3/b16-14+. The first-order chi connectivity index (χ1) is 9.24. The summed E-state index contributed by atoms with van der Waals surface area (Å²) in [7, 11) is 0. The minimum Gasteiger partial charge on any atom is -0.339 e. The van der Waals surface area contributed by atoms with Gasteiger partial charge in [0.25, 0.3) is 5.91 Å². The van der Waals surface area contributed by atoms with Crippen molar-refractivity contribution in [1.29, 1.82) is 0 Å². The highest BCUT2D eigenvalue weighted by Crippen LogP contribution is 2.18. The fraction of sp³-hybridized carbons (Fsp3) is 0.471. The molecule has 0 unspecified atom stereocenters. The summed E-state index contributed by atoms with van der Waals surface area (Å²) < 4.78 is 0. The van der Waals surface area contributed by atoms with Gasteiger partial charge in [0, 0.05) is 18.7 Å². The van der Waals surface area contributed by atoms with Crippen LogP contribution in [0.1, 0.15) is 45.6 Å². The van der Waals surface area contributed by atoms with Gasteiger partial charge >= 0.3 is 0 Å². The van der Waals surface area contributed by atoms with E-state index in [4.69, 9.17) is 0 Å². The molecule has 0 bridgehead atoms. The third-order valence-electron chi connectivity index (χ3n) is 3.27. The molecule has 2 nitrogen and oxygen atoms in total. The quantitative estimate of drug-likeness (QED) is 0.532. The minimum atomic E-state index is 0.146. The summed E-state index contributed by atoms with van der Waals surface area (Å²) in [5.41, 5.74) is 1.87. The first-order valence-electron chi connectivity index (χ1n) is 7.29. The third-order valence-corrected chi connectivity index (χ3v) is 3.27. The van der Waals surface area contributed by atoms with E-state index in [9.17, 15) is 4.79 Å². The van der Waals surface area contributed by atoms with Gasteiger partial charge in [-0.15, -0.1) is 0 Å². The molecule has 1 rings (SSSR count). The number of nitrogens with zero attached hydrogens (tertiary/aromatic N) is 1. The summed E-state index contributed by atoms with van der Waals surface area (Å²) in [6.45, 7) is 7.73. The van der Waals surface area contributed by atoms with Crippen molar-refractivity contribution in [2.45, 2.75) is 40.0 Å². The lowest BCUT2D eigenvalue weighted by Crippen LogP contribution is -2.31. The lowest BCUT2D eigenvalue weighted by atomic mass is 10.0. The van der Waals surface area contributed by atoms with Gasteiger partial charge in [0.15, 0.2) is 0 Å². The van der Waals surface area contributed by atoms with Crippen LogP contribution in [0.5, 0.6) is 0 Å². The zero-order valence-corrected chi connectivity index (χ0v) is 12.4. The zero-order valence-electron chi connectivity index (χ0n) is 12.4. The minimum absolute atomic E-state index is 0.146. The Morgan fingerprint density at radius 2 is 1.74 bits per heavy atom. The number of likely N-dealkylation sites (N-methyl/N-ethyl adjacent to an activating group) is 1. The maximum absolute atomic E-state index is 12.6. The number of amides is 1. The Kier molecular flexibility index (Phi) is 6.94. The van der Waals surface area contributed by atoms with Crippen LogP contribution < -0.4 is 0 Å². The van der Waals surface area contributed by atoms with Crippen LogP contribution in [0, 0.1) is 0 Å². The number of hydrogen-bond acceptors (Lipinski definition) is 1. The molecule has 0 saturated carbocycles. The second kappa shape index (κ2) is 8.52. The molecule has 0 radical (unpaired) electrons. The van der Waals surface area contributed by atoms with Crippen LogP contribution in [0.15, 0.2) is 36.4 Å². The van der Waals surface area contributed by atoms with Gasteiger partial charge in [0.05, 0.1) is 0 Å². The van der Waals surface area contributed by atoms with E-state index in [1.165, 1.54) is 0 Å². The number of allylic oxidation sites excluding steroid dienone is 1. The number of carbonyl (C=O) groups is 1. The summed E-state index contributed by atoms with van der Waals surface area (Å²) in [5.74, 6) is 0.146. The van der Waals surface area contributed by atoms with Gasteiger partial charge in [-0.1, -0.05) is 56.2 Å². The van der Waals surface area contributed by atoms with E-state index in [0.717, 1.165) is 43.5 Å². The summed E-state index contributed by atoms with van der Waals surface area (Å²) in [6, 6.07) is 9.98. The van der Waals surface area contributed by atoms with E-state index < -0.39 is 0 Å². The first kappa shape index (κ1) is 15.5. The molecule has 0 spiro atoms. The topological polar surface area (TPSA) is 20.3 Å². The van der Waals surface area contributed by atoms with E-state index in [2.05, 4.69) is 13.0 Å². The van der Waals surface area contributed by atoms with E-state index in [1.54, 1.807) is 0 Å². The monoisotopic (exact) mass is 259 g/mol. The second-order valence-electron chi connectivity index (χ2n) is 4.60. The lowest BCUT2D eigenvalue weighted by molar-refractivity contribution is -0.124. The third kappa shape index (κ3) is 4.55. The molecule has 1 aromatic rings. The largest absolute Gasteiger partial charge is 0.339 e. The first-order valence-corrected chi connectivity index (χ1v) is 7.29. The molecule has 2 heteroatoms. The Morgan fingerprint density at radius 3 is 2.26 bits per heavy atom. The molecule has 0 saturated heterocycles. The Hall–Kier alpha value is -1.57. The highest BCUT2D eigenvalue weighted by atomic mass is 16.2. The van der Waals surface area contributed by atoms with Crippen LogP contribution in [0.3, 0.4) is 0 Å². The molecule has 19 heavy (non-hydrogen) atoms. The molecule has 0 aromatic heterocycles. The summed E-state index contributed by atoms with van der Waals surface area (Å²) in [6.07, 6.45) is 5.34. The maximum Gasteiger partial charge on any atom is 0.254 e. The van der Waals surface area contributed by atoms with Crippen molar-refractivity contribution in [2.75, 3.05) is 13.1 Å². The average molecular weight is 259 g/mol. The van der Waals surface area contributed by atoms with E-state index in [1.807, 2.05) is 49.1 Å². The van der Waals surface area contributed by atoms with Gasteiger partial charge in [-0.25, -0.2) is 0 Å². The smallest absolute Gasteiger partial charge is 0.254 e. The van der Waals surface area contributed by atoms with Crippen molar-refractivity contribution < 1.29 is 4.79 Å². The molecule has 0 fully saturated rings. The van der Waals surface area contributed by atoms with Crippen LogP contribution in [-0.4, -0.2) is 23.9 Å². The van der Waals surface area contributed by atoms with Crippen LogP contribution in [0.4, 0.5) is 0 Å². The van der Waals surface area contributed by atoms with Gasteiger partial charge in [0.2, 0.25) is 0 Å². The number of unbranched alkanes of at least 4 members (excludes halogenated alkanes) is 2. The average Bonchev–Trinajstić information content (AvgIpc) is 2.46. The fourth-order valence-corrected chi connectivity index (χ4v) is 2.08. The van der Waals surface area contributed by atoms with Crippen molar-refractivity contribution in [2.24, 2.45) is 0 Å². The van der Waals surface area contributed by atoms with Crippen molar-refractivity contribution >= 4 is 11.5 Å². The molecule has 0 N–H and O–H groups in total. The van der Waals surface area contributed by atoms with E-state index in [0.29, 0.717) is 0 Å². The van der Waals surface area contributed by atoms with Crippen molar-refractivity contribution in [3.05, 3.63) is 42.0 Å². The molecule has 0 aliphatic heterocycles. The van der Waals surface area contributed by atoms with Gasteiger partial charge in [-0.2, -0.15) is 0 Å². The number of carbonyl (C=O) groups excluding carboxylic acids is 1. The Labute approximate surface area is 117 Å². The molecular weight excluding hydrogens is 234 g/mol. The van der Waals surface area contributed by atoms with Gasteiger partial charge in [-0.05, 0) is 25.8 Å².